The smallest absolute Gasteiger partial charge is 0.303 e. The fourth-order valence-corrected chi connectivity index (χ4v) is 3.60. The van der Waals surface area contributed by atoms with E-state index in [4.69, 9.17) is 33.5 Å². The van der Waals surface area contributed by atoms with Crippen molar-refractivity contribution < 1.29 is 43.1 Å². The van der Waals surface area contributed by atoms with Crippen molar-refractivity contribution in [2.75, 3.05) is 85.8 Å². The Morgan fingerprint density at radius 1 is 0.487 bits per heavy atom. The van der Waals surface area contributed by atoms with E-state index in [2.05, 4.69) is 12.2 Å². The van der Waals surface area contributed by atoms with Gasteiger partial charge in [-0.25, -0.2) is 0 Å². The van der Waals surface area contributed by atoms with Crippen molar-refractivity contribution >= 4 is 11.9 Å². The molecule has 0 aliphatic heterocycles. The van der Waals surface area contributed by atoms with E-state index in [1.165, 1.54) is 57.8 Å². The van der Waals surface area contributed by atoms with Crippen LogP contribution in [0.5, 0.6) is 0 Å². The van der Waals surface area contributed by atoms with E-state index in [1.54, 1.807) is 0 Å². The van der Waals surface area contributed by atoms with Gasteiger partial charge in [0.2, 0.25) is 5.91 Å². The van der Waals surface area contributed by atoms with E-state index < -0.39 is 5.97 Å². The molecule has 0 rings (SSSR count). The number of nitrogens with one attached hydrogen (secondary N) is 1. The molecule has 0 aromatic heterocycles. The maximum atomic E-state index is 11.3. The second kappa shape index (κ2) is 32.9. The van der Waals surface area contributed by atoms with Crippen LogP contribution < -0.4 is 5.32 Å². The molecular formula is C29H57NO9. The van der Waals surface area contributed by atoms with Crippen LogP contribution in [0.2, 0.25) is 0 Å². The van der Waals surface area contributed by atoms with Crippen LogP contribution in [0.4, 0.5) is 0 Å². The average molecular weight is 564 g/mol. The van der Waals surface area contributed by atoms with Crippen molar-refractivity contribution in [1.82, 2.24) is 5.32 Å². The summed E-state index contributed by atoms with van der Waals surface area (Å²) in [5, 5.41) is 11.2. The highest BCUT2D eigenvalue weighted by Crippen LogP contribution is 2.10. The van der Waals surface area contributed by atoms with Crippen LogP contribution in [0.1, 0.15) is 90.4 Å². The molecule has 0 fully saturated rings. The second-order valence-corrected chi connectivity index (χ2v) is 9.45. The van der Waals surface area contributed by atoms with Gasteiger partial charge in [-0.1, -0.05) is 64.7 Å². The first-order valence-electron chi connectivity index (χ1n) is 15.1. The molecule has 2 N–H and O–H groups in total. The van der Waals surface area contributed by atoms with Gasteiger partial charge in [0.15, 0.2) is 0 Å². The molecule has 10 heteroatoms. The van der Waals surface area contributed by atoms with Gasteiger partial charge in [0.25, 0.3) is 0 Å². The molecular weight excluding hydrogens is 506 g/mol. The van der Waals surface area contributed by atoms with Gasteiger partial charge in [-0.2, -0.15) is 0 Å². The van der Waals surface area contributed by atoms with Crippen molar-refractivity contribution in [3.63, 3.8) is 0 Å². The summed E-state index contributed by atoms with van der Waals surface area (Å²) in [6, 6.07) is 0. The molecule has 0 aromatic carbocycles. The quantitative estimate of drug-likeness (QED) is 0.112. The number of carboxylic acid groups (broad SMARTS) is 1. The molecule has 232 valence electrons. The number of amides is 1. The lowest BCUT2D eigenvalue weighted by Crippen LogP contribution is -2.25. The number of hydrogen-bond acceptors (Lipinski definition) is 8. The zero-order valence-corrected chi connectivity index (χ0v) is 24.6. The summed E-state index contributed by atoms with van der Waals surface area (Å²) in [7, 11) is 0. The van der Waals surface area contributed by atoms with Crippen molar-refractivity contribution in [2.45, 2.75) is 90.4 Å². The minimum atomic E-state index is -0.973. The van der Waals surface area contributed by atoms with E-state index >= 15 is 0 Å². The molecule has 0 heterocycles. The van der Waals surface area contributed by atoms with Gasteiger partial charge in [0.1, 0.15) is 0 Å². The van der Waals surface area contributed by atoms with E-state index in [9.17, 15) is 9.59 Å². The van der Waals surface area contributed by atoms with Crippen molar-refractivity contribution in [1.29, 1.82) is 0 Å². The highest BCUT2D eigenvalue weighted by molar-refractivity contribution is 5.80. The van der Waals surface area contributed by atoms with Crippen LogP contribution in [-0.4, -0.2) is 103 Å². The zero-order chi connectivity index (χ0) is 28.5. The summed E-state index contributed by atoms with van der Waals surface area (Å²) < 4.78 is 32.9. The number of rotatable bonds is 33. The van der Waals surface area contributed by atoms with E-state index in [-0.39, 0.29) is 18.7 Å². The highest BCUT2D eigenvalue weighted by Gasteiger charge is 2.04. The monoisotopic (exact) mass is 563 g/mol. The fourth-order valence-electron chi connectivity index (χ4n) is 3.60. The minimum Gasteiger partial charge on any atom is -0.481 e. The van der Waals surface area contributed by atoms with Crippen LogP contribution in [-0.2, 0) is 38.0 Å². The lowest BCUT2D eigenvalue weighted by molar-refractivity contribution is -0.138. The standard InChI is InChI=1S/C29H57NO9/c1-2-3-4-5-6-7-8-9-10-11-16-34-18-20-36-22-24-38-26-27-39-25-23-37-21-19-35-17-12-15-30-28(31)13-14-29(32)33/h2-27H2,1H3,(H,30,31)(H,32,33). The minimum absolute atomic E-state index is 0.00202. The summed E-state index contributed by atoms with van der Waals surface area (Å²) in [4.78, 5) is 21.7. The number of carbonyl (C=O) groups excluding carboxylic acids is 1. The van der Waals surface area contributed by atoms with Gasteiger partial charge < -0.3 is 38.8 Å². The number of hydrogen-bond donors (Lipinski definition) is 2. The van der Waals surface area contributed by atoms with Gasteiger partial charge in [0.05, 0.1) is 72.5 Å². The van der Waals surface area contributed by atoms with Crippen molar-refractivity contribution in [3.8, 4) is 0 Å². The van der Waals surface area contributed by atoms with Gasteiger partial charge in [-0.15, -0.1) is 0 Å². The molecule has 0 bridgehead atoms. The topological polar surface area (TPSA) is 122 Å². The lowest BCUT2D eigenvalue weighted by Gasteiger charge is -2.08. The maximum absolute atomic E-state index is 11.3. The summed E-state index contributed by atoms with van der Waals surface area (Å²) in [6.07, 6.45) is 13.9. The number of carboxylic acids is 1. The molecule has 0 aliphatic rings. The number of unbranched alkanes of at least 4 members (excludes halogenated alkanes) is 9. The predicted octanol–water partition coefficient (Wildman–Crippen LogP) is 4.38. The Labute approximate surface area is 236 Å². The molecule has 10 nitrogen and oxygen atoms in total. The van der Waals surface area contributed by atoms with Crippen LogP contribution in [0, 0.1) is 0 Å². The van der Waals surface area contributed by atoms with Crippen LogP contribution in [0.3, 0.4) is 0 Å². The molecule has 1 amide bonds. The summed E-state index contributed by atoms with van der Waals surface area (Å²) in [6.45, 7) is 9.38. The Hall–Kier alpha value is -1.30. The normalized spacial score (nSPS) is 11.2. The van der Waals surface area contributed by atoms with E-state index in [0.29, 0.717) is 85.6 Å². The van der Waals surface area contributed by atoms with Gasteiger partial charge >= 0.3 is 5.97 Å². The second-order valence-electron chi connectivity index (χ2n) is 9.45. The summed E-state index contributed by atoms with van der Waals surface area (Å²) >= 11 is 0. The van der Waals surface area contributed by atoms with Gasteiger partial charge in [0, 0.05) is 26.2 Å². The Kier molecular flexibility index (Phi) is 31.8. The molecule has 0 saturated heterocycles. The number of carbonyl (C=O) groups is 2. The Balaban J connectivity index is 3.07. The van der Waals surface area contributed by atoms with Gasteiger partial charge in [-0.3, -0.25) is 9.59 Å². The first kappa shape index (κ1) is 37.7. The Morgan fingerprint density at radius 2 is 0.846 bits per heavy atom. The largest absolute Gasteiger partial charge is 0.481 e. The average Bonchev–Trinajstić information content (AvgIpc) is 2.93. The van der Waals surface area contributed by atoms with Gasteiger partial charge in [-0.05, 0) is 12.8 Å². The first-order chi connectivity index (χ1) is 19.2. The molecule has 0 saturated carbocycles. The Bertz CT molecular complexity index is 523. The molecule has 0 aromatic rings. The van der Waals surface area contributed by atoms with Crippen LogP contribution >= 0.6 is 0 Å². The number of ether oxygens (including phenoxy) is 6. The zero-order valence-electron chi connectivity index (χ0n) is 24.6. The van der Waals surface area contributed by atoms with Crippen molar-refractivity contribution in [3.05, 3.63) is 0 Å². The molecule has 0 spiro atoms. The van der Waals surface area contributed by atoms with Crippen LogP contribution in [0.15, 0.2) is 0 Å². The summed E-state index contributed by atoms with van der Waals surface area (Å²) in [5.74, 6) is -1.23. The molecule has 0 aliphatic carbocycles. The SMILES string of the molecule is CCCCCCCCCCCCOCCOCCOCCOCCOCCOCCCNC(=O)CCC(=O)O. The maximum Gasteiger partial charge on any atom is 0.303 e. The summed E-state index contributed by atoms with van der Waals surface area (Å²) in [5.41, 5.74) is 0. The van der Waals surface area contributed by atoms with E-state index in [0.717, 1.165) is 13.0 Å². The first-order valence-corrected chi connectivity index (χ1v) is 15.1. The lowest BCUT2D eigenvalue weighted by atomic mass is 10.1. The third kappa shape index (κ3) is 34.7. The molecule has 0 unspecified atom stereocenters. The fraction of sp³-hybridized carbons (Fsp3) is 0.931. The predicted molar refractivity (Wildman–Crippen MR) is 151 cm³/mol. The van der Waals surface area contributed by atoms with Crippen LogP contribution in [0.25, 0.3) is 0 Å². The van der Waals surface area contributed by atoms with E-state index in [1.807, 2.05) is 0 Å². The third-order valence-electron chi connectivity index (χ3n) is 5.86. The van der Waals surface area contributed by atoms with Crippen molar-refractivity contribution in [2.24, 2.45) is 0 Å². The molecule has 39 heavy (non-hydrogen) atoms. The molecule has 0 radical (unpaired) electrons. The molecule has 0 atom stereocenters. The third-order valence-corrected chi connectivity index (χ3v) is 5.86. The highest BCUT2D eigenvalue weighted by atomic mass is 16.6. The Morgan fingerprint density at radius 3 is 1.26 bits per heavy atom. The number of aliphatic carboxylic acids is 1.